The van der Waals surface area contributed by atoms with Gasteiger partial charge < -0.3 is 4.90 Å². The van der Waals surface area contributed by atoms with E-state index in [2.05, 4.69) is 24.0 Å². The number of hydrogen-bond acceptors (Lipinski definition) is 3. The molecule has 0 saturated heterocycles. The molecule has 1 aliphatic rings. The Morgan fingerprint density at radius 3 is 2.84 bits per heavy atom. The Labute approximate surface area is 116 Å². The second-order valence-electron chi connectivity index (χ2n) is 5.41. The van der Waals surface area contributed by atoms with Crippen molar-refractivity contribution in [3.05, 3.63) is 22.9 Å². The first-order valence-electron chi connectivity index (χ1n) is 7.40. The Kier molecular flexibility index (Phi) is 4.79. The fraction of sp³-hybridized carbons (Fsp3) is 0.625. The molecule has 0 atom stereocenters. The van der Waals surface area contributed by atoms with Crippen molar-refractivity contribution in [2.45, 2.75) is 51.9 Å². The summed E-state index contributed by atoms with van der Waals surface area (Å²) in [5, 5.41) is 9.32. The predicted octanol–water partition coefficient (Wildman–Crippen LogP) is 3.46. The third-order valence-corrected chi connectivity index (χ3v) is 3.86. The molecule has 0 N–H and O–H groups in total. The summed E-state index contributed by atoms with van der Waals surface area (Å²) < 4.78 is 0. The van der Waals surface area contributed by atoms with E-state index in [1.807, 2.05) is 7.05 Å². The number of rotatable bonds is 5. The lowest BCUT2D eigenvalue weighted by Gasteiger charge is -2.23. The highest BCUT2D eigenvalue weighted by molar-refractivity contribution is 5.56. The second kappa shape index (κ2) is 6.56. The normalized spacial score (nSPS) is 13.7. The van der Waals surface area contributed by atoms with Gasteiger partial charge in [-0.05, 0) is 43.7 Å². The molecule has 2 rings (SSSR count). The Morgan fingerprint density at radius 1 is 1.32 bits per heavy atom. The molecule has 1 aliphatic carbocycles. The maximum atomic E-state index is 9.32. The number of aromatic nitrogens is 1. The van der Waals surface area contributed by atoms with E-state index in [1.165, 1.54) is 36.9 Å². The molecule has 0 fully saturated rings. The molecular formula is C16H23N3. The van der Waals surface area contributed by atoms with Gasteiger partial charge in [-0.15, -0.1) is 0 Å². The van der Waals surface area contributed by atoms with Crippen molar-refractivity contribution in [1.82, 2.24) is 4.98 Å². The second-order valence-corrected chi connectivity index (χ2v) is 5.41. The summed E-state index contributed by atoms with van der Waals surface area (Å²) in [7, 11) is 2.05. The molecule has 0 radical (unpaired) electrons. The van der Waals surface area contributed by atoms with Gasteiger partial charge in [0.15, 0.2) is 0 Å². The van der Waals surface area contributed by atoms with Gasteiger partial charge in [-0.2, -0.15) is 5.26 Å². The first-order valence-corrected chi connectivity index (χ1v) is 7.40. The molecule has 3 nitrogen and oxygen atoms in total. The Bertz CT molecular complexity index is 474. The number of pyridine rings is 1. The quantitative estimate of drug-likeness (QED) is 0.758. The van der Waals surface area contributed by atoms with Gasteiger partial charge in [-0.3, -0.25) is 0 Å². The number of unbranched alkanes of at least 4 members (excludes halogenated alkanes) is 2. The number of nitriles is 1. The van der Waals surface area contributed by atoms with Crippen LogP contribution in [0.2, 0.25) is 0 Å². The van der Waals surface area contributed by atoms with E-state index in [9.17, 15) is 5.26 Å². The maximum absolute atomic E-state index is 9.32. The summed E-state index contributed by atoms with van der Waals surface area (Å²) in [5.74, 6) is 0.874. The van der Waals surface area contributed by atoms with Crippen molar-refractivity contribution < 1.29 is 0 Å². The van der Waals surface area contributed by atoms with E-state index in [4.69, 9.17) is 4.98 Å². The topological polar surface area (TPSA) is 39.9 Å². The Balaban J connectivity index is 2.21. The number of anilines is 1. The van der Waals surface area contributed by atoms with Crippen LogP contribution in [0, 0.1) is 11.3 Å². The lowest BCUT2D eigenvalue weighted by molar-refractivity contribution is 0.661. The van der Waals surface area contributed by atoms with Gasteiger partial charge in [-0.25, -0.2) is 4.98 Å². The van der Waals surface area contributed by atoms with Crippen LogP contribution in [-0.2, 0) is 12.8 Å². The molecule has 0 amide bonds. The molecule has 102 valence electrons. The number of nitrogens with zero attached hydrogens (tertiary/aromatic N) is 3. The van der Waals surface area contributed by atoms with Gasteiger partial charge in [0.25, 0.3) is 0 Å². The number of hydrogen-bond donors (Lipinski definition) is 0. The van der Waals surface area contributed by atoms with Crippen molar-refractivity contribution in [1.29, 1.82) is 5.26 Å². The lowest BCUT2D eigenvalue weighted by Crippen LogP contribution is -2.22. The van der Waals surface area contributed by atoms with E-state index >= 15 is 0 Å². The average Bonchev–Trinajstić information content (AvgIpc) is 2.46. The van der Waals surface area contributed by atoms with Gasteiger partial charge in [-0.1, -0.05) is 19.8 Å². The minimum atomic E-state index is 0.736. The van der Waals surface area contributed by atoms with Crippen molar-refractivity contribution in [2.24, 2.45) is 0 Å². The van der Waals surface area contributed by atoms with E-state index in [0.717, 1.165) is 37.2 Å². The summed E-state index contributed by atoms with van der Waals surface area (Å²) in [6.45, 7) is 3.19. The fourth-order valence-corrected chi connectivity index (χ4v) is 2.70. The maximum Gasteiger partial charge on any atom is 0.146 e. The zero-order chi connectivity index (χ0) is 13.7. The molecule has 0 spiro atoms. The molecule has 0 aliphatic heterocycles. The molecule has 0 saturated carbocycles. The smallest absolute Gasteiger partial charge is 0.146 e. The Morgan fingerprint density at radius 2 is 2.11 bits per heavy atom. The molecule has 1 heterocycles. The van der Waals surface area contributed by atoms with Crippen LogP contribution in [0.4, 0.5) is 5.82 Å². The van der Waals surface area contributed by atoms with Gasteiger partial charge >= 0.3 is 0 Å². The van der Waals surface area contributed by atoms with Crippen LogP contribution in [-0.4, -0.2) is 18.6 Å². The van der Waals surface area contributed by atoms with Crippen molar-refractivity contribution in [3.8, 4) is 6.07 Å². The highest BCUT2D eigenvalue weighted by Gasteiger charge is 2.17. The molecule has 0 aromatic carbocycles. The number of fused-ring (bicyclic) bond motifs is 1. The third-order valence-electron chi connectivity index (χ3n) is 3.86. The molecule has 1 aromatic heterocycles. The molecule has 0 unspecified atom stereocenters. The van der Waals surface area contributed by atoms with E-state index < -0.39 is 0 Å². The standard InChI is InChI=1S/C16H23N3/c1-3-4-7-10-19(2)16-14(12-17)11-13-8-5-6-9-15(13)18-16/h11H,3-10H2,1-2H3. The number of aryl methyl sites for hydroxylation is 2. The minimum Gasteiger partial charge on any atom is -0.359 e. The highest BCUT2D eigenvalue weighted by Crippen LogP contribution is 2.26. The van der Waals surface area contributed by atoms with Gasteiger partial charge in [0.1, 0.15) is 11.9 Å². The van der Waals surface area contributed by atoms with Crippen molar-refractivity contribution in [3.63, 3.8) is 0 Å². The highest BCUT2D eigenvalue weighted by atomic mass is 15.2. The van der Waals surface area contributed by atoms with Crippen LogP contribution in [0.15, 0.2) is 6.07 Å². The summed E-state index contributed by atoms with van der Waals surface area (Å²) in [6.07, 6.45) is 8.22. The van der Waals surface area contributed by atoms with Crippen LogP contribution in [0.5, 0.6) is 0 Å². The van der Waals surface area contributed by atoms with Gasteiger partial charge in [0, 0.05) is 19.3 Å². The third kappa shape index (κ3) is 3.26. The largest absolute Gasteiger partial charge is 0.359 e. The Hall–Kier alpha value is -1.56. The molecular weight excluding hydrogens is 234 g/mol. The van der Waals surface area contributed by atoms with E-state index in [-0.39, 0.29) is 0 Å². The minimum absolute atomic E-state index is 0.736. The summed E-state index contributed by atoms with van der Waals surface area (Å²) in [6, 6.07) is 4.38. The predicted molar refractivity (Wildman–Crippen MR) is 78.4 cm³/mol. The molecule has 19 heavy (non-hydrogen) atoms. The first-order chi connectivity index (χ1) is 9.26. The van der Waals surface area contributed by atoms with Crippen molar-refractivity contribution in [2.75, 3.05) is 18.5 Å². The van der Waals surface area contributed by atoms with E-state index in [1.54, 1.807) is 0 Å². The van der Waals surface area contributed by atoms with Crippen LogP contribution in [0.3, 0.4) is 0 Å². The van der Waals surface area contributed by atoms with Gasteiger partial charge in [0.2, 0.25) is 0 Å². The van der Waals surface area contributed by atoms with Crippen LogP contribution in [0.1, 0.15) is 55.8 Å². The molecule has 3 heteroatoms. The van der Waals surface area contributed by atoms with Crippen LogP contribution in [0.25, 0.3) is 0 Å². The van der Waals surface area contributed by atoms with Crippen molar-refractivity contribution >= 4 is 5.82 Å². The van der Waals surface area contributed by atoms with E-state index in [0.29, 0.717) is 0 Å². The molecule has 0 bridgehead atoms. The van der Waals surface area contributed by atoms with Gasteiger partial charge in [0.05, 0.1) is 5.56 Å². The lowest BCUT2D eigenvalue weighted by atomic mass is 9.95. The average molecular weight is 257 g/mol. The molecule has 1 aromatic rings. The summed E-state index contributed by atoms with van der Waals surface area (Å²) >= 11 is 0. The SMILES string of the molecule is CCCCCN(C)c1nc2c(cc1C#N)CCCC2. The zero-order valence-electron chi connectivity index (χ0n) is 12.1. The summed E-state index contributed by atoms with van der Waals surface area (Å²) in [4.78, 5) is 6.91. The first kappa shape index (κ1) is 13.9. The fourth-order valence-electron chi connectivity index (χ4n) is 2.70. The monoisotopic (exact) mass is 257 g/mol. The zero-order valence-corrected chi connectivity index (χ0v) is 12.1. The summed E-state index contributed by atoms with van der Waals surface area (Å²) in [5.41, 5.74) is 3.23. The van der Waals surface area contributed by atoms with Crippen LogP contribution >= 0.6 is 0 Å². The van der Waals surface area contributed by atoms with Crippen LogP contribution < -0.4 is 4.90 Å².